The highest BCUT2D eigenvalue weighted by Crippen LogP contribution is 2.23. The highest BCUT2D eigenvalue weighted by molar-refractivity contribution is 7.99. The summed E-state index contributed by atoms with van der Waals surface area (Å²) in [5.74, 6) is 1.21. The Morgan fingerprint density at radius 2 is 2.16 bits per heavy atom. The van der Waals surface area contributed by atoms with E-state index in [1.165, 1.54) is 0 Å². The monoisotopic (exact) mass is 355 g/mol. The molecule has 0 aliphatic rings. The van der Waals surface area contributed by atoms with Crippen LogP contribution in [0, 0.1) is 0 Å². The van der Waals surface area contributed by atoms with E-state index in [1.54, 1.807) is 22.4 Å². The Balaban J connectivity index is 1.48. The topological polar surface area (TPSA) is 73.1 Å². The fraction of sp³-hybridized carbons (Fsp3) is 0.222. The number of para-hydroxylation sites is 2. The Bertz CT molecular complexity index is 1080. The first-order valence-electron chi connectivity index (χ1n) is 8.08. The fourth-order valence-electron chi connectivity index (χ4n) is 2.75. The third-order valence-electron chi connectivity index (χ3n) is 3.87. The number of imidazole rings is 1. The van der Waals surface area contributed by atoms with Gasteiger partial charge in [-0.15, -0.1) is 0 Å². The SMILES string of the molecule is CCOc1ccc2nc(SCCn3c(=O)oc4ccccc43)[nH]c2c1. The Morgan fingerprint density at radius 3 is 3.04 bits per heavy atom. The maximum absolute atomic E-state index is 12.0. The number of benzene rings is 2. The zero-order valence-electron chi connectivity index (χ0n) is 13.7. The van der Waals surface area contributed by atoms with Crippen LogP contribution in [0.25, 0.3) is 22.1 Å². The molecule has 2 heterocycles. The minimum atomic E-state index is -0.326. The number of hydrogen-bond donors (Lipinski definition) is 1. The molecule has 25 heavy (non-hydrogen) atoms. The Hall–Kier alpha value is -2.67. The van der Waals surface area contributed by atoms with Crippen molar-refractivity contribution in [2.24, 2.45) is 0 Å². The summed E-state index contributed by atoms with van der Waals surface area (Å²) < 4.78 is 12.4. The molecule has 0 aliphatic heterocycles. The van der Waals surface area contributed by atoms with Crippen molar-refractivity contribution in [1.29, 1.82) is 0 Å². The van der Waals surface area contributed by atoms with Crippen LogP contribution in [-0.2, 0) is 6.54 Å². The number of oxazole rings is 1. The highest BCUT2D eigenvalue weighted by Gasteiger charge is 2.09. The molecule has 7 heteroatoms. The number of rotatable bonds is 6. The summed E-state index contributed by atoms with van der Waals surface area (Å²) >= 11 is 1.57. The molecule has 4 rings (SSSR count). The van der Waals surface area contributed by atoms with E-state index in [1.807, 2.05) is 43.3 Å². The number of fused-ring (bicyclic) bond motifs is 2. The van der Waals surface area contributed by atoms with Crippen LogP contribution in [0.3, 0.4) is 0 Å². The first kappa shape index (κ1) is 15.8. The summed E-state index contributed by atoms with van der Waals surface area (Å²) in [5.41, 5.74) is 3.28. The van der Waals surface area contributed by atoms with Crippen molar-refractivity contribution in [2.45, 2.75) is 18.6 Å². The standard InChI is InChI=1S/C18H17N3O3S/c1-2-23-12-7-8-13-14(11-12)20-17(19-13)25-10-9-21-15-5-3-4-6-16(15)24-18(21)22/h3-8,11H,2,9-10H2,1H3,(H,19,20). The molecule has 2 aromatic carbocycles. The van der Waals surface area contributed by atoms with Gasteiger partial charge in [-0.05, 0) is 31.2 Å². The molecule has 0 unspecified atom stereocenters. The summed E-state index contributed by atoms with van der Waals surface area (Å²) in [6, 6.07) is 13.2. The van der Waals surface area contributed by atoms with Crippen LogP contribution < -0.4 is 10.5 Å². The third-order valence-corrected chi connectivity index (χ3v) is 4.72. The van der Waals surface area contributed by atoms with E-state index in [2.05, 4.69) is 9.97 Å². The summed E-state index contributed by atoms with van der Waals surface area (Å²) in [6.45, 7) is 3.15. The Morgan fingerprint density at radius 1 is 1.28 bits per heavy atom. The lowest BCUT2D eigenvalue weighted by atomic mass is 10.3. The van der Waals surface area contributed by atoms with Gasteiger partial charge in [-0.2, -0.15) is 0 Å². The largest absolute Gasteiger partial charge is 0.494 e. The van der Waals surface area contributed by atoms with Gasteiger partial charge in [0.15, 0.2) is 10.7 Å². The van der Waals surface area contributed by atoms with Gasteiger partial charge in [-0.3, -0.25) is 4.57 Å². The zero-order valence-corrected chi connectivity index (χ0v) is 14.5. The zero-order chi connectivity index (χ0) is 17.2. The predicted octanol–water partition coefficient (Wildman–Crippen LogP) is 3.66. The van der Waals surface area contributed by atoms with Gasteiger partial charge in [0.25, 0.3) is 0 Å². The van der Waals surface area contributed by atoms with Gasteiger partial charge in [-0.25, -0.2) is 9.78 Å². The minimum absolute atomic E-state index is 0.326. The smallest absolute Gasteiger partial charge is 0.419 e. The molecular formula is C18H17N3O3S. The quantitative estimate of drug-likeness (QED) is 0.534. The van der Waals surface area contributed by atoms with E-state index in [0.717, 1.165) is 27.5 Å². The maximum Gasteiger partial charge on any atom is 0.419 e. The summed E-state index contributed by atoms with van der Waals surface area (Å²) in [6.07, 6.45) is 0. The average molecular weight is 355 g/mol. The molecule has 0 amide bonds. The van der Waals surface area contributed by atoms with Gasteiger partial charge >= 0.3 is 5.76 Å². The molecule has 0 saturated heterocycles. The maximum atomic E-state index is 12.0. The number of aromatic amines is 1. The lowest BCUT2D eigenvalue weighted by Gasteiger charge is -2.01. The average Bonchev–Trinajstić information content (AvgIpc) is 3.15. The number of aromatic nitrogens is 3. The first-order chi connectivity index (χ1) is 12.2. The van der Waals surface area contributed by atoms with Crippen molar-refractivity contribution in [1.82, 2.24) is 14.5 Å². The van der Waals surface area contributed by atoms with Crippen molar-refractivity contribution in [3.05, 3.63) is 53.0 Å². The highest BCUT2D eigenvalue weighted by atomic mass is 32.2. The van der Waals surface area contributed by atoms with E-state index in [9.17, 15) is 4.79 Å². The molecule has 0 spiro atoms. The summed E-state index contributed by atoms with van der Waals surface area (Å²) in [5, 5.41) is 0.824. The molecule has 0 bridgehead atoms. The number of nitrogens with zero attached hydrogens (tertiary/aromatic N) is 2. The molecule has 0 fully saturated rings. The second kappa shape index (κ2) is 6.68. The van der Waals surface area contributed by atoms with E-state index in [4.69, 9.17) is 9.15 Å². The van der Waals surface area contributed by atoms with Gasteiger partial charge in [0.1, 0.15) is 5.75 Å². The Kier molecular flexibility index (Phi) is 4.23. The van der Waals surface area contributed by atoms with Crippen LogP contribution >= 0.6 is 11.8 Å². The van der Waals surface area contributed by atoms with Crippen molar-refractivity contribution in [3.63, 3.8) is 0 Å². The molecule has 0 radical (unpaired) electrons. The molecule has 0 aliphatic carbocycles. The van der Waals surface area contributed by atoms with E-state index >= 15 is 0 Å². The van der Waals surface area contributed by atoms with Gasteiger partial charge < -0.3 is 14.1 Å². The second-order valence-corrected chi connectivity index (χ2v) is 6.57. The van der Waals surface area contributed by atoms with Crippen molar-refractivity contribution in [3.8, 4) is 5.75 Å². The van der Waals surface area contributed by atoms with Gasteiger partial charge in [0.05, 0.1) is 23.2 Å². The third kappa shape index (κ3) is 3.15. The Labute approximate surface area is 147 Å². The molecule has 128 valence electrons. The normalized spacial score (nSPS) is 11.4. The number of ether oxygens (including phenoxy) is 1. The number of aryl methyl sites for hydroxylation is 1. The minimum Gasteiger partial charge on any atom is -0.494 e. The van der Waals surface area contributed by atoms with Crippen molar-refractivity contribution in [2.75, 3.05) is 12.4 Å². The molecule has 6 nitrogen and oxygen atoms in total. The van der Waals surface area contributed by atoms with Crippen LogP contribution in [0.15, 0.2) is 56.8 Å². The van der Waals surface area contributed by atoms with Crippen molar-refractivity contribution < 1.29 is 9.15 Å². The molecule has 0 saturated carbocycles. The molecule has 4 aromatic rings. The van der Waals surface area contributed by atoms with E-state index in [0.29, 0.717) is 24.5 Å². The predicted molar refractivity (Wildman–Crippen MR) is 98.5 cm³/mol. The number of hydrogen-bond acceptors (Lipinski definition) is 5. The second-order valence-electron chi connectivity index (χ2n) is 5.49. The van der Waals surface area contributed by atoms with Crippen LogP contribution in [0.4, 0.5) is 0 Å². The van der Waals surface area contributed by atoms with Crippen LogP contribution in [0.5, 0.6) is 5.75 Å². The summed E-state index contributed by atoms with van der Waals surface area (Å²) in [7, 11) is 0. The number of nitrogens with one attached hydrogen (secondary N) is 1. The molecular weight excluding hydrogens is 338 g/mol. The van der Waals surface area contributed by atoms with E-state index in [-0.39, 0.29) is 5.76 Å². The lowest BCUT2D eigenvalue weighted by molar-refractivity contribution is 0.340. The van der Waals surface area contributed by atoms with Crippen LogP contribution in [-0.4, -0.2) is 26.9 Å². The fourth-order valence-corrected chi connectivity index (χ4v) is 3.56. The van der Waals surface area contributed by atoms with Crippen molar-refractivity contribution >= 4 is 33.9 Å². The first-order valence-corrected chi connectivity index (χ1v) is 9.07. The van der Waals surface area contributed by atoms with E-state index < -0.39 is 0 Å². The van der Waals surface area contributed by atoms with Gasteiger partial charge in [0, 0.05) is 18.4 Å². The molecule has 0 atom stereocenters. The number of H-pyrrole nitrogens is 1. The summed E-state index contributed by atoms with van der Waals surface area (Å²) in [4.78, 5) is 19.8. The van der Waals surface area contributed by atoms with Crippen LogP contribution in [0.2, 0.25) is 0 Å². The van der Waals surface area contributed by atoms with Gasteiger partial charge in [-0.1, -0.05) is 23.9 Å². The van der Waals surface area contributed by atoms with Crippen LogP contribution in [0.1, 0.15) is 6.92 Å². The molecule has 2 aromatic heterocycles. The van der Waals surface area contributed by atoms with Gasteiger partial charge in [0.2, 0.25) is 0 Å². The molecule has 1 N–H and O–H groups in total. The number of thioether (sulfide) groups is 1. The lowest BCUT2D eigenvalue weighted by Crippen LogP contribution is -2.15.